The first-order valence-corrected chi connectivity index (χ1v) is 28.7. The van der Waals surface area contributed by atoms with E-state index in [1.54, 1.807) is 154 Å². The van der Waals surface area contributed by atoms with Gasteiger partial charge in [0.15, 0.2) is 0 Å². The summed E-state index contributed by atoms with van der Waals surface area (Å²) < 4.78 is 4.77. The summed E-state index contributed by atoms with van der Waals surface area (Å²) in [5, 5.41) is 0. The van der Waals surface area contributed by atoms with Gasteiger partial charge in [-0.15, -0.1) is 0 Å². The maximum absolute atomic E-state index is 5.38. The fraction of sp³-hybridized carbons (Fsp3) is 0.974. The van der Waals surface area contributed by atoms with Crippen molar-refractivity contribution in [1.82, 2.24) is 0 Å². The van der Waals surface area contributed by atoms with E-state index >= 15 is 0 Å². The summed E-state index contributed by atoms with van der Waals surface area (Å²) in [6, 6.07) is 0. The van der Waals surface area contributed by atoms with Gasteiger partial charge in [-0.1, -0.05) is 131 Å². The van der Waals surface area contributed by atoms with Crippen molar-refractivity contribution in [3.05, 3.63) is 0 Å². The van der Waals surface area contributed by atoms with Gasteiger partial charge in [0.1, 0.15) is 0 Å². The third-order valence-electron chi connectivity index (χ3n) is 12.3. The monoisotopic (exact) mass is 790 g/mol. The molecule has 0 atom stereocenters. The van der Waals surface area contributed by atoms with Gasteiger partial charge in [0.25, 0.3) is 0 Å². The van der Waals surface area contributed by atoms with Crippen molar-refractivity contribution in [3.8, 4) is 0 Å². The molecule has 0 aromatic carbocycles. The Morgan fingerprint density at radius 1 is 0.422 bits per heavy atom. The average Bonchev–Trinajstić information content (AvgIpc) is 3.11. The first-order chi connectivity index (χ1) is 22.2. The van der Waals surface area contributed by atoms with Crippen LogP contribution in [0.5, 0.6) is 0 Å². The van der Waals surface area contributed by atoms with Gasteiger partial charge in [-0.25, -0.2) is 0 Å². The quantitative estimate of drug-likeness (QED) is 0.176. The molecule has 0 aromatic heterocycles. The average molecular weight is 791 g/mol. The molecule has 6 heteroatoms. The maximum atomic E-state index is 5.38. The van der Waals surface area contributed by atoms with E-state index in [2.05, 4.69) is 0 Å². The van der Waals surface area contributed by atoms with E-state index < -0.39 is 13.5 Å². The molecular weight excluding hydrogens is 718 g/mol. The molecule has 0 saturated heterocycles. The summed E-state index contributed by atoms with van der Waals surface area (Å²) in [6.07, 6.45) is 47.2. The van der Waals surface area contributed by atoms with Crippen molar-refractivity contribution in [2.24, 2.45) is 0 Å². The van der Waals surface area contributed by atoms with Crippen molar-refractivity contribution in [1.29, 1.82) is 0 Å². The molecule has 45 heavy (non-hydrogen) atoms. The van der Waals surface area contributed by atoms with Crippen LogP contribution in [0.15, 0.2) is 0 Å². The van der Waals surface area contributed by atoms with E-state index in [0.29, 0.717) is 22.5 Å². The SMILES string of the molecule is C1CCC(P(C2CCCCC2)C2CCCCC2)CC1.C1CCC(P(C2CCCCC2)C2CCCCC2)CC1.CCO[CH]=[Ru]([Cl])[Cl]. The van der Waals surface area contributed by atoms with E-state index in [4.69, 9.17) is 24.1 Å². The number of hydrogen-bond donors (Lipinski definition) is 0. The Morgan fingerprint density at radius 3 is 0.756 bits per heavy atom. The minimum atomic E-state index is -1.63. The summed E-state index contributed by atoms with van der Waals surface area (Å²) in [4.78, 5) is 1.52. The fourth-order valence-electron chi connectivity index (χ4n) is 10.2. The molecule has 266 valence electrons. The molecule has 6 saturated carbocycles. The van der Waals surface area contributed by atoms with Crippen LogP contribution in [-0.2, 0) is 18.3 Å². The predicted octanol–water partition coefficient (Wildman–Crippen LogP) is 14.6. The van der Waals surface area contributed by atoms with Gasteiger partial charge in [0.05, 0.1) is 0 Å². The molecule has 0 amide bonds. The first-order valence-electron chi connectivity index (χ1n) is 20.2. The summed E-state index contributed by atoms with van der Waals surface area (Å²) >= 11 is -1.63. The minimum absolute atomic E-state index is 0.385. The standard InChI is InChI=1S/2C18H33P.C3H6O.2ClH.Ru/c2*1-4-10-16(11-5-1)19(17-12-6-2-7-13-17)18-14-8-3-9-15-18;1-3-4-2;;;/h2*16-18H,1-15H2;2H,3H2,1H3;2*1H;/q;;;;;+2/p-2. The Balaban J connectivity index is 0.000000170. The summed E-state index contributed by atoms with van der Waals surface area (Å²) in [5.41, 5.74) is 7.14. The van der Waals surface area contributed by atoms with Crippen LogP contribution in [0.2, 0.25) is 0 Å². The summed E-state index contributed by atoms with van der Waals surface area (Å²) in [7, 11) is 11.5. The second kappa shape index (κ2) is 24.1. The van der Waals surface area contributed by atoms with Crippen molar-refractivity contribution in [3.63, 3.8) is 0 Å². The Morgan fingerprint density at radius 2 is 0.622 bits per heavy atom. The van der Waals surface area contributed by atoms with Gasteiger partial charge in [-0.2, -0.15) is 0 Å². The molecule has 6 aliphatic rings. The van der Waals surface area contributed by atoms with Crippen molar-refractivity contribution in [2.75, 3.05) is 6.61 Å². The summed E-state index contributed by atoms with van der Waals surface area (Å²) in [6.45, 7) is 2.55. The van der Waals surface area contributed by atoms with Crippen LogP contribution >= 0.6 is 35.2 Å². The van der Waals surface area contributed by atoms with Gasteiger partial charge in [0, 0.05) is 0 Å². The van der Waals surface area contributed by atoms with Crippen LogP contribution < -0.4 is 0 Å². The van der Waals surface area contributed by atoms with Crippen LogP contribution in [0.25, 0.3) is 0 Å². The van der Waals surface area contributed by atoms with Gasteiger partial charge in [-0.05, 0) is 111 Å². The van der Waals surface area contributed by atoms with Gasteiger partial charge in [-0.3, -0.25) is 0 Å². The van der Waals surface area contributed by atoms with E-state index in [-0.39, 0.29) is 0 Å². The third-order valence-corrected chi connectivity index (χ3v) is 21.8. The summed E-state index contributed by atoms with van der Waals surface area (Å²) in [5.74, 6) is 0. The first kappa shape index (κ1) is 39.7. The topological polar surface area (TPSA) is 9.23 Å². The zero-order valence-electron chi connectivity index (χ0n) is 29.4. The van der Waals surface area contributed by atoms with E-state index in [1.165, 1.54) is 77.3 Å². The van der Waals surface area contributed by atoms with Crippen LogP contribution in [-0.4, -0.2) is 45.4 Å². The molecule has 0 spiro atoms. The Hall–Kier alpha value is 1.89. The molecular formula is C39H72Cl2OP2Ru. The second-order valence-corrected chi connectivity index (χ2v) is 27.2. The normalized spacial score (nSPS) is 26.1. The zero-order chi connectivity index (χ0) is 31.5. The number of halogens is 2. The molecule has 1 nitrogen and oxygen atoms in total. The molecule has 6 rings (SSSR count). The van der Waals surface area contributed by atoms with Gasteiger partial charge < -0.3 is 0 Å². The van der Waals surface area contributed by atoms with E-state index in [0.717, 1.165) is 0 Å². The van der Waals surface area contributed by atoms with Crippen LogP contribution in [0.1, 0.15) is 200 Å². The van der Waals surface area contributed by atoms with Crippen LogP contribution in [0, 0.1) is 0 Å². The molecule has 0 unspecified atom stereocenters. The van der Waals surface area contributed by atoms with Crippen molar-refractivity contribution >= 4 is 40.0 Å². The second-order valence-electron chi connectivity index (χ2n) is 15.4. The third kappa shape index (κ3) is 14.6. The number of rotatable bonds is 8. The molecule has 0 heterocycles. The molecule has 0 radical (unpaired) electrons. The van der Waals surface area contributed by atoms with Crippen LogP contribution in [0.3, 0.4) is 0 Å². The molecule has 0 aromatic rings. The van der Waals surface area contributed by atoms with Crippen LogP contribution in [0.4, 0.5) is 0 Å². The predicted molar refractivity (Wildman–Crippen MR) is 204 cm³/mol. The molecule has 0 bridgehead atoms. The van der Waals surface area contributed by atoms with Gasteiger partial charge >= 0.3 is 56.0 Å². The molecule has 6 aliphatic carbocycles. The molecule has 6 fully saturated rings. The number of hydrogen-bond acceptors (Lipinski definition) is 1. The van der Waals surface area contributed by atoms with Crippen molar-refractivity contribution < 1.29 is 18.3 Å². The molecule has 0 N–H and O–H groups in total. The zero-order valence-corrected chi connectivity index (χ0v) is 34.4. The van der Waals surface area contributed by atoms with Crippen molar-refractivity contribution in [2.45, 2.75) is 234 Å². The Labute approximate surface area is 296 Å². The number of ether oxygens (including phenoxy) is 1. The molecule has 0 aliphatic heterocycles. The van der Waals surface area contributed by atoms with E-state index in [9.17, 15) is 0 Å². The fourth-order valence-corrected chi connectivity index (χ4v) is 20.5. The Kier molecular flexibility index (Phi) is 21.3. The van der Waals surface area contributed by atoms with Gasteiger partial charge in [0.2, 0.25) is 0 Å². The Bertz CT molecular complexity index is 619. The van der Waals surface area contributed by atoms with E-state index in [1.807, 2.05) is 6.92 Å².